The molecule has 1 aromatic heterocycles. The van der Waals surface area contributed by atoms with E-state index in [1.54, 1.807) is 26.0 Å². The Labute approximate surface area is 144 Å². The number of carboxylic acids is 1. The minimum absolute atomic E-state index is 0.0827. The van der Waals surface area contributed by atoms with E-state index in [0.29, 0.717) is 0 Å². The van der Waals surface area contributed by atoms with E-state index in [1.807, 2.05) is 17.5 Å². The third-order valence-electron chi connectivity index (χ3n) is 3.61. The third-order valence-corrected chi connectivity index (χ3v) is 4.54. The van der Waals surface area contributed by atoms with Crippen LogP contribution in [0.3, 0.4) is 0 Å². The Hall–Kier alpha value is -2.21. The average Bonchev–Trinajstić information content (AvgIpc) is 2.97. The largest absolute Gasteiger partial charge is 0.481 e. The molecule has 0 spiro atoms. The highest BCUT2D eigenvalue weighted by Crippen LogP contribution is 2.29. The van der Waals surface area contributed by atoms with E-state index in [9.17, 15) is 14.0 Å². The summed E-state index contributed by atoms with van der Waals surface area (Å²) in [4.78, 5) is 24.2. The first kappa shape index (κ1) is 18.1. The number of carboxylic acid groups (broad SMARTS) is 1. The van der Waals surface area contributed by atoms with E-state index in [-0.39, 0.29) is 30.6 Å². The number of amides is 1. The van der Waals surface area contributed by atoms with E-state index in [1.165, 1.54) is 23.5 Å². The maximum atomic E-state index is 13.2. The van der Waals surface area contributed by atoms with Gasteiger partial charge in [0, 0.05) is 11.3 Å². The van der Waals surface area contributed by atoms with Gasteiger partial charge in [0.05, 0.1) is 12.5 Å². The van der Waals surface area contributed by atoms with Crippen LogP contribution in [0.25, 0.3) is 0 Å². The zero-order chi connectivity index (χ0) is 17.7. The second kappa shape index (κ2) is 7.57. The molecule has 4 nitrogen and oxygen atoms in total. The van der Waals surface area contributed by atoms with Gasteiger partial charge in [-0.2, -0.15) is 0 Å². The van der Waals surface area contributed by atoms with Crippen molar-refractivity contribution in [2.24, 2.45) is 5.41 Å². The predicted molar refractivity (Wildman–Crippen MR) is 91.4 cm³/mol. The Morgan fingerprint density at radius 3 is 2.42 bits per heavy atom. The Bertz CT molecular complexity index is 696. The molecule has 24 heavy (non-hydrogen) atoms. The number of nitrogens with one attached hydrogen (secondary N) is 1. The van der Waals surface area contributed by atoms with Crippen molar-refractivity contribution in [3.8, 4) is 0 Å². The molecule has 1 amide bonds. The molecule has 0 radical (unpaired) electrons. The van der Waals surface area contributed by atoms with E-state index < -0.39 is 11.4 Å². The van der Waals surface area contributed by atoms with Gasteiger partial charge >= 0.3 is 5.97 Å². The normalized spacial score (nSPS) is 12.6. The molecule has 0 saturated heterocycles. The molecule has 2 N–H and O–H groups in total. The first-order chi connectivity index (χ1) is 11.3. The SMILES string of the molecule is CC(C)(CC(=O)O)CC(=O)N[C@H](c1ccc(F)cc1)c1cccs1. The predicted octanol–water partition coefficient (Wildman–Crippen LogP) is 3.98. The zero-order valence-corrected chi connectivity index (χ0v) is 14.4. The Morgan fingerprint density at radius 2 is 1.88 bits per heavy atom. The monoisotopic (exact) mass is 349 g/mol. The molecule has 0 saturated carbocycles. The summed E-state index contributed by atoms with van der Waals surface area (Å²) < 4.78 is 13.2. The molecule has 1 heterocycles. The summed E-state index contributed by atoms with van der Waals surface area (Å²) in [5.74, 6) is -1.50. The number of halogens is 1. The summed E-state index contributed by atoms with van der Waals surface area (Å²) in [6.45, 7) is 3.50. The van der Waals surface area contributed by atoms with Crippen molar-refractivity contribution in [1.29, 1.82) is 0 Å². The van der Waals surface area contributed by atoms with E-state index in [2.05, 4.69) is 5.32 Å². The molecule has 0 aliphatic heterocycles. The first-order valence-corrected chi connectivity index (χ1v) is 8.45. The lowest BCUT2D eigenvalue weighted by Gasteiger charge is -2.24. The Morgan fingerprint density at radius 1 is 1.21 bits per heavy atom. The van der Waals surface area contributed by atoms with Crippen molar-refractivity contribution in [1.82, 2.24) is 5.32 Å². The second-order valence-electron chi connectivity index (χ2n) is 6.48. The number of carbonyl (C=O) groups excluding carboxylic acids is 1. The summed E-state index contributed by atoms with van der Waals surface area (Å²) >= 11 is 1.50. The van der Waals surface area contributed by atoms with Gasteiger partial charge in [0.1, 0.15) is 5.82 Å². The van der Waals surface area contributed by atoms with Gasteiger partial charge in [0.15, 0.2) is 0 Å². The van der Waals surface area contributed by atoms with Crippen molar-refractivity contribution >= 4 is 23.2 Å². The molecule has 128 valence electrons. The standard InChI is InChI=1S/C18H20FNO3S/c1-18(2,11-16(22)23)10-15(21)20-17(14-4-3-9-24-14)12-5-7-13(19)8-6-12/h3-9,17H,10-11H2,1-2H3,(H,20,21)(H,22,23)/t17-/m1/s1. The maximum absolute atomic E-state index is 13.2. The van der Waals surface area contributed by atoms with Crippen LogP contribution in [0.4, 0.5) is 4.39 Å². The van der Waals surface area contributed by atoms with E-state index in [4.69, 9.17) is 5.11 Å². The maximum Gasteiger partial charge on any atom is 0.303 e. The number of hydrogen-bond acceptors (Lipinski definition) is 3. The van der Waals surface area contributed by atoms with Crippen LogP contribution in [0.1, 0.15) is 43.2 Å². The topological polar surface area (TPSA) is 66.4 Å². The number of hydrogen-bond donors (Lipinski definition) is 2. The summed E-state index contributed by atoms with van der Waals surface area (Å²) in [5, 5.41) is 13.8. The lowest BCUT2D eigenvalue weighted by molar-refractivity contribution is -0.139. The van der Waals surface area contributed by atoms with Crippen LogP contribution >= 0.6 is 11.3 Å². The smallest absolute Gasteiger partial charge is 0.303 e. The molecule has 0 aliphatic carbocycles. The first-order valence-electron chi connectivity index (χ1n) is 7.57. The summed E-state index contributed by atoms with van der Waals surface area (Å²) in [6, 6.07) is 9.41. The zero-order valence-electron chi connectivity index (χ0n) is 13.6. The number of carbonyl (C=O) groups is 2. The van der Waals surface area contributed by atoms with Crippen LogP contribution in [0, 0.1) is 11.2 Å². The van der Waals surface area contributed by atoms with Crippen LogP contribution in [-0.2, 0) is 9.59 Å². The van der Waals surface area contributed by atoms with Crippen molar-refractivity contribution in [3.05, 3.63) is 58.0 Å². The fourth-order valence-electron chi connectivity index (χ4n) is 2.55. The summed E-state index contributed by atoms with van der Waals surface area (Å²) in [6.07, 6.45) is 0.0169. The minimum atomic E-state index is -0.929. The van der Waals surface area contributed by atoms with Gasteiger partial charge in [-0.05, 0) is 34.6 Å². The highest BCUT2D eigenvalue weighted by Gasteiger charge is 2.27. The number of rotatable bonds is 7. The van der Waals surface area contributed by atoms with E-state index in [0.717, 1.165) is 10.4 Å². The number of benzene rings is 1. The van der Waals surface area contributed by atoms with Crippen LogP contribution in [0.15, 0.2) is 41.8 Å². The van der Waals surface area contributed by atoms with Gasteiger partial charge in [-0.1, -0.05) is 32.0 Å². The fourth-order valence-corrected chi connectivity index (χ4v) is 3.35. The van der Waals surface area contributed by atoms with Gasteiger partial charge in [0.25, 0.3) is 0 Å². The van der Waals surface area contributed by atoms with Crippen LogP contribution in [0.2, 0.25) is 0 Å². The molecule has 6 heteroatoms. The second-order valence-corrected chi connectivity index (χ2v) is 7.46. The van der Waals surface area contributed by atoms with Crippen LogP contribution < -0.4 is 5.32 Å². The molecular formula is C18H20FNO3S. The average molecular weight is 349 g/mol. The van der Waals surface area contributed by atoms with Crippen molar-refractivity contribution in [2.45, 2.75) is 32.7 Å². The quantitative estimate of drug-likeness (QED) is 0.794. The molecule has 1 atom stereocenters. The Balaban J connectivity index is 2.16. The van der Waals surface area contributed by atoms with Crippen molar-refractivity contribution in [2.75, 3.05) is 0 Å². The molecular weight excluding hydrogens is 329 g/mol. The fraction of sp³-hybridized carbons (Fsp3) is 0.333. The van der Waals surface area contributed by atoms with Gasteiger partial charge in [0.2, 0.25) is 5.91 Å². The lowest BCUT2D eigenvalue weighted by atomic mass is 9.85. The molecule has 0 bridgehead atoms. The molecule has 1 aromatic carbocycles. The molecule has 0 fully saturated rings. The van der Waals surface area contributed by atoms with Gasteiger partial charge in [-0.3, -0.25) is 9.59 Å². The molecule has 0 aliphatic rings. The summed E-state index contributed by atoms with van der Waals surface area (Å²) in [7, 11) is 0. The van der Waals surface area contributed by atoms with Crippen LogP contribution in [-0.4, -0.2) is 17.0 Å². The number of thiophene rings is 1. The van der Waals surface area contributed by atoms with Crippen LogP contribution in [0.5, 0.6) is 0 Å². The van der Waals surface area contributed by atoms with Crippen molar-refractivity contribution in [3.63, 3.8) is 0 Å². The van der Waals surface area contributed by atoms with Gasteiger partial charge in [-0.15, -0.1) is 11.3 Å². The third kappa shape index (κ3) is 5.16. The molecule has 0 unspecified atom stereocenters. The van der Waals surface area contributed by atoms with Crippen molar-refractivity contribution < 1.29 is 19.1 Å². The van der Waals surface area contributed by atoms with Gasteiger partial charge in [-0.25, -0.2) is 4.39 Å². The summed E-state index contributed by atoms with van der Waals surface area (Å²) in [5.41, 5.74) is 0.141. The minimum Gasteiger partial charge on any atom is -0.481 e. The molecule has 2 aromatic rings. The lowest BCUT2D eigenvalue weighted by Crippen LogP contribution is -2.33. The Kier molecular flexibility index (Phi) is 5.72. The van der Waals surface area contributed by atoms with E-state index >= 15 is 0 Å². The highest BCUT2D eigenvalue weighted by atomic mass is 32.1. The highest BCUT2D eigenvalue weighted by molar-refractivity contribution is 7.10. The van der Waals surface area contributed by atoms with Gasteiger partial charge < -0.3 is 10.4 Å². The molecule has 2 rings (SSSR count). The number of aliphatic carboxylic acids is 1.